The third-order valence-corrected chi connectivity index (χ3v) is 6.01. The number of ether oxygens (including phenoxy) is 1. The average Bonchev–Trinajstić information content (AvgIpc) is 3.26. The highest BCUT2D eigenvalue weighted by Crippen LogP contribution is 2.21. The number of carbonyl (C=O) groups excluding carboxylic acids is 2. The molecule has 0 aromatic heterocycles. The fraction of sp³-hybridized carbons (Fsp3) is 0.462. The Bertz CT molecular complexity index is 890. The van der Waals surface area contributed by atoms with Gasteiger partial charge in [-0.3, -0.25) is 9.59 Å². The van der Waals surface area contributed by atoms with Crippen molar-refractivity contribution in [1.29, 1.82) is 0 Å². The Labute approximate surface area is 185 Å². The van der Waals surface area contributed by atoms with Crippen LogP contribution in [0.15, 0.2) is 48.5 Å². The van der Waals surface area contributed by atoms with Gasteiger partial charge in [0.1, 0.15) is 11.8 Å². The van der Waals surface area contributed by atoms with E-state index in [0.717, 1.165) is 48.1 Å². The van der Waals surface area contributed by atoms with Crippen molar-refractivity contribution >= 4 is 11.8 Å². The standard InChI is InChI=1S/C26H34N2O3/c1-4-24(26(30)27-22-12-5-6-13-22)28(18-21-11-8-14-23(16-21)31-3)25(29)17-20-10-7-9-19(2)15-20/h7-11,14-16,22,24H,4-6,12-13,17-18H2,1-3H3,(H,27,30)/t24-/m1/s1. The van der Waals surface area contributed by atoms with E-state index in [1.165, 1.54) is 0 Å². The van der Waals surface area contributed by atoms with Crippen LogP contribution in [0.1, 0.15) is 55.7 Å². The molecule has 0 saturated heterocycles. The molecule has 1 atom stereocenters. The van der Waals surface area contributed by atoms with Gasteiger partial charge in [0.25, 0.3) is 0 Å². The van der Waals surface area contributed by atoms with Crippen LogP contribution in [0.3, 0.4) is 0 Å². The smallest absolute Gasteiger partial charge is 0.243 e. The molecule has 31 heavy (non-hydrogen) atoms. The second-order valence-electron chi connectivity index (χ2n) is 8.45. The summed E-state index contributed by atoms with van der Waals surface area (Å²) in [5, 5.41) is 3.19. The SMILES string of the molecule is CC[C@H](C(=O)NC1CCCC1)N(Cc1cccc(OC)c1)C(=O)Cc1cccc(C)c1. The van der Waals surface area contributed by atoms with E-state index in [2.05, 4.69) is 5.32 Å². The highest BCUT2D eigenvalue weighted by molar-refractivity contribution is 5.88. The summed E-state index contributed by atoms with van der Waals surface area (Å²) < 4.78 is 5.35. The molecular weight excluding hydrogens is 388 g/mol. The summed E-state index contributed by atoms with van der Waals surface area (Å²) in [6.45, 7) is 4.36. The Balaban J connectivity index is 1.83. The minimum Gasteiger partial charge on any atom is -0.497 e. The van der Waals surface area contributed by atoms with Gasteiger partial charge < -0.3 is 15.0 Å². The van der Waals surface area contributed by atoms with Gasteiger partial charge in [0.15, 0.2) is 0 Å². The number of benzene rings is 2. The normalized spacial score (nSPS) is 14.8. The van der Waals surface area contributed by atoms with E-state index >= 15 is 0 Å². The third kappa shape index (κ3) is 6.33. The zero-order valence-electron chi connectivity index (χ0n) is 18.9. The van der Waals surface area contributed by atoms with Crippen molar-refractivity contribution in [2.75, 3.05) is 7.11 Å². The van der Waals surface area contributed by atoms with Crippen molar-refractivity contribution in [3.8, 4) is 5.75 Å². The van der Waals surface area contributed by atoms with E-state index < -0.39 is 6.04 Å². The number of carbonyl (C=O) groups is 2. The van der Waals surface area contributed by atoms with E-state index in [1.807, 2.05) is 62.4 Å². The lowest BCUT2D eigenvalue weighted by Gasteiger charge is -2.31. The van der Waals surface area contributed by atoms with Gasteiger partial charge in [-0.2, -0.15) is 0 Å². The number of nitrogens with one attached hydrogen (secondary N) is 1. The molecule has 1 N–H and O–H groups in total. The molecule has 3 rings (SSSR count). The molecule has 166 valence electrons. The summed E-state index contributed by atoms with van der Waals surface area (Å²) in [5.74, 6) is 0.656. The molecule has 5 heteroatoms. The Morgan fingerprint density at radius 1 is 1.10 bits per heavy atom. The Kier molecular flexibility index (Phi) is 8.10. The molecule has 0 unspecified atom stereocenters. The maximum absolute atomic E-state index is 13.4. The molecule has 0 aliphatic heterocycles. The van der Waals surface area contributed by atoms with Gasteiger partial charge in [-0.15, -0.1) is 0 Å². The molecule has 0 spiro atoms. The lowest BCUT2D eigenvalue weighted by atomic mass is 10.0. The third-order valence-electron chi connectivity index (χ3n) is 6.01. The number of hydrogen-bond acceptors (Lipinski definition) is 3. The molecule has 0 radical (unpaired) electrons. The fourth-order valence-corrected chi connectivity index (χ4v) is 4.35. The second kappa shape index (κ2) is 11.0. The number of rotatable bonds is 9. The van der Waals surface area contributed by atoms with Gasteiger partial charge in [-0.1, -0.05) is 61.7 Å². The first kappa shape index (κ1) is 22.9. The summed E-state index contributed by atoms with van der Waals surface area (Å²) in [6, 6.07) is 15.4. The van der Waals surface area contributed by atoms with Gasteiger partial charge in [-0.25, -0.2) is 0 Å². The Hall–Kier alpha value is -2.82. The highest BCUT2D eigenvalue weighted by atomic mass is 16.5. The molecule has 2 aromatic rings. The number of nitrogens with zero attached hydrogens (tertiary/aromatic N) is 1. The first-order valence-electron chi connectivity index (χ1n) is 11.3. The van der Waals surface area contributed by atoms with E-state index in [1.54, 1.807) is 12.0 Å². The quantitative estimate of drug-likeness (QED) is 0.651. The topological polar surface area (TPSA) is 58.6 Å². The van der Waals surface area contributed by atoms with Crippen molar-refractivity contribution in [2.45, 2.75) is 71.0 Å². The van der Waals surface area contributed by atoms with E-state index in [4.69, 9.17) is 4.74 Å². The molecule has 0 bridgehead atoms. The summed E-state index contributed by atoms with van der Waals surface area (Å²) in [5.41, 5.74) is 3.03. The van der Waals surface area contributed by atoms with E-state index in [-0.39, 0.29) is 24.3 Å². The number of hydrogen-bond donors (Lipinski definition) is 1. The van der Waals surface area contributed by atoms with Crippen molar-refractivity contribution in [2.24, 2.45) is 0 Å². The molecular formula is C26H34N2O3. The van der Waals surface area contributed by atoms with Crippen molar-refractivity contribution in [3.05, 3.63) is 65.2 Å². The van der Waals surface area contributed by atoms with Crippen LogP contribution in [0.2, 0.25) is 0 Å². The highest BCUT2D eigenvalue weighted by Gasteiger charge is 2.30. The predicted molar refractivity (Wildman–Crippen MR) is 123 cm³/mol. The van der Waals surface area contributed by atoms with Gasteiger partial charge in [-0.05, 0) is 49.4 Å². The molecule has 0 heterocycles. The van der Waals surface area contributed by atoms with Crippen LogP contribution in [0.25, 0.3) is 0 Å². The van der Waals surface area contributed by atoms with Crippen LogP contribution in [0.5, 0.6) is 5.75 Å². The molecule has 1 fully saturated rings. The molecule has 1 aliphatic carbocycles. The molecule has 5 nitrogen and oxygen atoms in total. The lowest BCUT2D eigenvalue weighted by molar-refractivity contribution is -0.141. The van der Waals surface area contributed by atoms with Crippen molar-refractivity contribution in [1.82, 2.24) is 10.2 Å². The summed E-state index contributed by atoms with van der Waals surface area (Å²) in [4.78, 5) is 28.3. The summed E-state index contributed by atoms with van der Waals surface area (Å²) >= 11 is 0. The maximum Gasteiger partial charge on any atom is 0.243 e. The van der Waals surface area contributed by atoms with E-state index in [9.17, 15) is 9.59 Å². The summed E-state index contributed by atoms with van der Waals surface area (Å²) in [7, 11) is 1.63. The molecule has 2 aromatic carbocycles. The van der Waals surface area contributed by atoms with Crippen LogP contribution in [0, 0.1) is 6.92 Å². The van der Waals surface area contributed by atoms with Crippen molar-refractivity contribution in [3.63, 3.8) is 0 Å². The Morgan fingerprint density at radius 3 is 2.48 bits per heavy atom. The number of amides is 2. The van der Waals surface area contributed by atoms with Gasteiger partial charge in [0.2, 0.25) is 11.8 Å². The van der Waals surface area contributed by atoms with Crippen LogP contribution < -0.4 is 10.1 Å². The minimum absolute atomic E-state index is 0.0400. The van der Waals surface area contributed by atoms with Crippen molar-refractivity contribution < 1.29 is 14.3 Å². The zero-order valence-corrected chi connectivity index (χ0v) is 18.9. The zero-order chi connectivity index (χ0) is 22.2. The molecule has 1 aliphatic rings. The van der Waals surface area contributed by atoms with Gasteiger partial charge in [0.05, 0.1) is 13.5 Å². The summed E-state index contributed by atoms with van der Waals surface area (Å²) in [6.07, 6.45) is 5.20. The number of methoxy groups -OCH3 is 1. The van der Waals surface area contributed by atoms with Gasteiger partial charge >= 0.3 is 0 Å². The second-order valence-corrected chi connectivity index (χ2v) is 8.45. The van der Waals surface area contributed by atoms with Crippen LogP contribution in [0.4, 0.5) is 0 Å². The maximum atomic E-state index is 13.4. The largest absolute Gasteiger partial charge is 0.497 e. The predicted octanol–water partition coefficient (Wildman–Crippen LogP) is 4.41. The first-order valence-corrected chi connectivity index (χ1v) is 11.3. The number of aryl methyl sites for hydroxylation is 1. The molecule has 2 amide bonds. The van der Waals surface area contributed by atoms with Crippen LogP contribution in [-0.4, -0.2) is 35.9 Å². The molecule has 1 saturated carbocycles. The fourth-order valence-electron chi connectivity index (χ4n) is 4.35. The van der Waals surface area contributed by atoms with E-state index in [0.29, 0.717) is 13.0 Å². The van der Waals surface area contributed by atoms with Crippen LogP contribution in [-0.2, 0) is 22.6 Å². The Morgan fingerprint density at radius 2 is 1.81 bits per heavy atom. The monoisotopic (exact) mass is 422 g/mol. The minimum atomic E-state index is -0.496. The average molecular weight is 423 g/mol. The van der Waals surface area contributed by atoms with Crippen LogP contribution >= 0.6 is 0 Å². The first-order chi connectivity index (χ1) is 15.0. The lowest BCUT2D eigenvalue weighted by Crippen LogP contribution is -2.51. The van der Waals surface area contributed by atoms with Gasteiger partial charge in [0, 0.05) is 12.6 Å².